The van der Waals surface area contributed by atoms with E-state index in [1.807, 2.05) is 0 Å². The highest BCUT2D eigenvalue weighted by Gasteiger charge is 2.16. The van der Waals surface area contributed by atoms with E-state index in [1.54, 1.807) is 19.4 Å². The van der Waals surface area contributed by atoms with Gasteiger partial charge in [0.15, 0.2) is 0 Å². The first kappa shape index (κ1) is 14.8. The van der Waals surface area contributed by atoms with Crippen molar-refractivity contribution in [3.63, 3.8) is 0 Å². The molecule has 0 saturated carbocycles. The molecule has 0 aliphatic rings. The third kappa shape index (κ3) is 3.68. The van der Waals surface area contributed by atoms with E-state index in [0.29, 0.717) is 12.1 Å². The van der Waals surface area contributed by atoms with Crippen molar-refractivity contribution in [2.45, 2.75) is 6.54 Å². The van der Waals surface area contributed by atoms with Crippen molar-refractivity contribution < 1.29 is 14.3 Å². The van der Waals surface area contributed by atoms with E-state index in [4.69, 9.17) is 5.11 Å². The normalized spacial score (nSPS) is 9.86. The van der Waals surface area contributed by atoms with Crippen molar-refractivity contribution in [2.24, 2.45) is 0 Å². The Morgan fingerprint density at radius 2 is 2.33 bits per heavy atom. The summed E-state index contributed by atoms with van der Waals surface area (Å²) in [7, 11) is 1.64. The van der Waals surface area contributed by atoms with Crippen molar-refractivity contribution >= 4 is 5.91 Å². The Kier molecular flexibility index (Phi) is 4.69. The summed E-state index contributed by atoms with van der Waals surface area (Å²) in [5.74, 6) is 4.26. The SMILES string of the molecule is CN(Cc1cn[nH]c1)C(=O)c1ccc(F)cc1C#CCO. The maximum atomic E-state index is 13.3. The minimum absolute atomic E-state index is 0.257. The molecule has 0 saturated heterocycles. The molecular weight excluding hydrogens is 273 g/mol. The molecule has 0 unspecified atom stereocenters. The number of benzene rings is 1. The van der Waals surface area contributed by atoms with Crippen LogP contribution in [-0.2, 0) is 6.54 Å². The van der Waals surface area contributed by atoms with Gasteiger partial charge in [0.25, 0.3) is 5.91 Å². The molecule has 1 aromatic carbocycles. The maximum absolute atomic E-state index is 13.3. The first-order valence-corrected chi connectivity index (χ1v) is 6.24. The van der Waals surface area contributed by atoms with Crippen molar-refractivity contribution in [3.05, 3.63) is 53.1 Å². The van der Waals surface area contributed by atoms with Gasteiger partial charge in [-0.2, -0.15) is 5.10 Å². The Morgan fingerprint density at radius 1 is 1.52 bits per heavy atom. The second kappa shape index (κ2) is 6.68. The quantitative estimate of drug-likeness (QED) is 0.832. The number of aromatic nitrogens is 2. The molecule has 1 heterocycles. The summed E-state index contributed by atoms with van der Waals surface area (Å²) in [4.78, 5) is 13.9. The summed E-state index contributed by atoms with van der Waals surface area (Å²) >= 11 is 0. The predicted molar refractivity (Wildman–Crippen MR) is 74.7 cm³/mol. The van der Waals surface area contributed by atoms with Gasteiger partial charge in [-0.25, -0.2) is 4.39 Å². The average molecular weight is 287 g/mol. The summed E-state index contributed by atoms with van der Waals surface area (Å²) in [6.45, 7) is 0.0224. The lowest BCUT2D eigenvalue weighted by Crippen LogP contribution is -2.26. The van der Waals surface area contributed by atoms with Gasteiger partial charge >= 0.3 is 0 Å². The zero-order valence-corrected chi connectivity index (χ0v) is 11.4. The molecule has 2 aromatic rings. The van der Waals surface area contributed by atoms with Crippen LogP contribution in [0.2, 0.25) is 0 Å². The Hall–Kier alpha value is -2.65. The summed E-state index contributed by atoms with van der Waals surface area (Å²) in [6.07, 6.45) is 3.32. The molecule has 0 bridgehead atoms. The lowest BCUT2D eigenvalue weighted by molar-refractivity contribution is 0.0785. The second-order valence-corrected chi connectivity index (χ2v) is 4.42. The minimum atomic E-state index is -0.480. The van der Waals surface area contributed by atoms with Crippen LogP contribution in [0.3, 0.4) is 0 Å². The summed E-state index contributed by atoms with van der Waals surface area (Å²) in [5, 5.41) is 15.2. The summed E-state index contributed by atoms with van der Waals surface area (Å²) in [5.41, 5.74) is 1.41. The number of hydrogen-bond acceptors (Lipinski definition) is 3. The predicted octanol–water partition coefficient (Wildman–Crippen LogP) is 1.16. The largest absolute Gasteiger partial charge is 0.384 e. The van der Waals surface area contributed by atoms with Crippen molar-refractivity contribution in [1.29, 1.82) is 0 Å². The standard InChI is InChI=1S/C15H14FN3O2/c1-19(10-11-8-17-18-9-11)15(21)14-5-4-13(16)7-12(14)3-2-6-20/h4-5,7-9,20H,6,10H2,1H3,(H,17,18). The first-order valence-electron chi connectivity index (χ1n) is 6.24. The number of aliphatic hydroxyl groups excluding tert-OH is 1. The molecule has 0 spiro atoms. The topological polar surface area (TPSA) is 69.2 Å². The van der Waals surface area contributed by atoms with Crippen LogP contribution in [0.25, 0.3) is 0 Å². The van der Waals surface area contributed by atoms with Crippen LogP contribution in [0, 0.1) is 17.7 Å². The number of nitrogens with zero attached hydrogens (tertiary/aromatic N) is 2. The zero-order chi connectivity index (χ0) is 15.2. The smallest absolute Gasteiger partial charge is 0.255 e. The Morgan fingerprint density at radius 3 is 3.00 bits per heavy atom. The van der Waals surface area contributed by atoms with Crippen molar-refractivity contribution in [1.82, 2.24) is 15.1 Å². The lowest BCUT2D eigenvalue weighted by Gasteiger charge is -2.17. The van der Waals surface area contributed by atoms with Crippen LogP contribution in [0.15, 0.2) is 30.6 Å². The minimum Gasteiger partial charge on any atom is -0.384 e. The van der Waals surface area contributed by atoms with Gasteiger partial charge in [0, 0.05) is 30.9 Å². The number of nitrogens with one attached hydrogen (secondary N) is 1. The number of rotatable bonds is 3. The van der Waals surface area contributed by atoms with Gasteiger partial charge in [0.2, 0.25) is 0 Å². The van der Waals surface area contributed by atoms with Gasteiger partial charge in [-0.05, 0) is 18.2 Å². The number of halogens is 1. The van der Waals surface area contributed by atoms with Crippen molar-refractivity contribution in [2.75, 3.05) is 13.7 Å². The van der Waals surface area contributed by atoms with Crippen LogP contribution in [-0.4, -0.2) is 39.8 Å². The number of amides is 1. The van der Waals surface area contributed by atoms with Crippen LogP contribution in [0.5, 0.6) is 0 Å². The van der Waals surface area contributed by atoms with Gasteiger partial charge < -0.3 is 10.0 Å². The maximum Gasteiger partial charge on any atom is 0.255 e. The molecule has 5 nitrogen and oxygen atoms in total. The second-order valence-electron chi connectivity index (χ2n) is 4.42. The monoisotopic (exact) mass is 287 g/mol. The molecule has 0 fully saturated rings. The number of aliphatic hydroxyl groups is 1. The molecule has 21 heavy (non-hydrogen) atoms. The number of hydrogen-bond donors (Lipinski definition) is 2. The molecule has 1 amide bonds. The number of H-pyrrole nitrogens is 1. The Balaban J connectivity index is 2.25. The molecule has 0 aliphatic carbocycles. The number of carbonyl (C=O) groups is 1. The van der Waals surface area contributed by atoms with Gasteiger partial charge in [-0.15, -0.1) is 0 Å². The molecule has 6 heteroatoms. The van der Waals surface area contributed by atoms with Gasteiger partial charge in [-0.3, -0.25) is 9.89 Å². The fourth-order valence-corrected chi connectivity index (χ4v) is 1.86. The highest BCUT2D eigenvalue weighted by Crippen LogP contribution is 2.14. The molecule has 0 aliphatic heterocycles. The van der Waals surface area contributed by atoms with Crippen molar-refractivity contribution in [3.8, 4) is 11.8 Å². The molecule has 2 N–H and O–H groups in total. The van der Waals surface area contributed by atoms with E-state index in [9.17, 15) is 9.18 Å². The molecule has 0 atom stereocenters. The summed E-state index contributed by atoms with van der Waals surface area (Å²) in [6, 6.07) is 3.79. The highest BCUT2D eigenvalue weighted by molar-refractivity contribution is 5.96. The lowest BCUT2D eigenvalue weighted by atomic mass is 10.1. The van der Waals surface area contributed by atoms with E-state index >= 15 is 0 Å². The third-order valence-electron chi connectivity index (χ3n) is 2.84. The van der Waals surface area contributed by atoms with E-state index in [0.717, 1.165) is 5.56 Å². The van der Waals surface area contributed by atoms with E-state index in [1.165, 1.54) is 23.1 Å². The van der Waals surface area contributed by atoms with Crippen LogP contribution in [0.4, 0.5) is 4.39 Å². The van der Waals surface area contributed by atoms with Crippen LogP contribution in [0.1, 0.15) is 21.5 Å². The number of carbonyl (C=O) groups excluding carboxylic acids is 1. The fourth-order valence-electron chi connectivity index (χ4n) is 1.86. The Bertz CT molecular complexity index is 687. The van der Waals surface area contributed by atoms with Gasteiger partial charge in [-0.1, -0.05) is 11.8 Å². The molecule has 1 aromatic heterocycles. The van der Waals surface area contributed by atoms with Gasteiger partial charge in [0.1, 0.15) is 12.4 Å². The molecule has 0 radical (unpaired) electrons. The first-order chi connectivity index (χ1) is 10.1. The zero-order valence-electron chi connectivity index (χ0n) is 11.4. The fraction of sp³-hybridized carbons (Fsp3) is 0.200. The van der Waals surface area contributed by atoms with E-state index in [-0.39, 0.29) is 18.1 Å². The molecule has 2 rings (SSSR count). The van der Waals surface area contributed by atoms with Crippen LogP contribution < -0.4 is 0 Å². The average Bonchev–Trinajstić information content (AvgIpc) is 2.97. The van der Waals surface area contributed by atoms with E-state index < -0.39 is 5.82 Å². The third-order valence-corrected chi connectivity index (χ3v) is 2.84. The van der Waals surface area contributed by atoms with E-state index in [2.05, 4.69) is 22.0 Å². The van der Waals surface area contributed by atoms with Gasteiger partial charge in [0.05, 0.1) is 11.8 Å². The highest BCUT2D eigenvalue weighted by atomic mass is 19.1. The summed E-state index contributed by atoms with van der Waals surface area (Å²) < 4.78 is 13.3. The number of aromatic amines is 1. The molecule has 108 valence electrons. The Labute approximate surface area is 121 Å². The van der Waals surface area contributed by atoms with Crippen LogP contribution >= 0.6 is 0 Å². The molecular formula is C15H14FN3O2.